The van der Waals surface area contributed by atoms with Gasteiger partial charge in [-0.3, -0.25) is 4.79 Å². The van der Waals surface area contributed by atoms with Crippen LogP contribution in [-0.4, -0.2) is 27.9 Å². The summed E-state index contributed by atoms with van der Waals surface area (Å²) in [4.78, 5) is 24.0. The number of amides is 1. The summed E-state index contributed by atoms with van der Waals surface area (Å²) in [7, 11) is 0. The van der Waals surface area contributed by atoms with E-state index in [-0.39, 0.29) is 18.9 Å². The first kappa shape index (κ1) is 12.1. The molecule has 1 aliphatic rings. The van der Waals surface area contributed by atoms with Crippen molar-refractivity contribution in [2.45, 2.75) is 25.4 Å². The van der Waals surface area contributed by atoms with Crippen LogP contribution in [0.4, 0.5) is 0 Å². The lowest BCUT2D eigenvalue weighted by Crippen LogP contribution is -2.38. The van der Waals surface area contributed by atoms with Gasteiger partial charge in [0.1, 0.15) is 6.04 Å². The number of likely N-dealkylation sites (tertiary alicyclic amines) is 1. The second-order valence-corrected chi connectivity index (χ2v) is 4.18. The number of nitrogens with zero attached hydrogens (tertiary/aromatic N) is 2. The monoisotopic (exact) mass is 244 g/mol. The molecule has 1 amide bonds. The normalized spacial score (nSPS) is 18.7. The van der Waals surface area contributed by atoms with Gasteiger partial charge in [-0.25, -0.2) is 4.79 Å². The Morgan fingerprint density at radius 1 is 1.50 bits per heavy atom. The van der Waals surface area contributed by atoms with E-state index in [0.29, 0.717) is 17.5 Å². The second-order valence-electron chi connectivity index (χ2n) is 4.18. The van der Waals surface area contributed by atoms with Crippen LogP contribution >= 0.6 is 0 Å². The van der Waals surface area contributed by atoms with Crippen LogP contribution in [-0.2, 0) is 16.1 Å². The van der Waals surface area contributed by atoms with Crippen LogP contribution in [0.25, 0.3) is 0 Å². The molecule has 0 radical (unpaired) electrons. The predicted molar refractivity (Wildman–Crippen MR) is 62.4 cm³/mol. The maximum Gasteiger partial charge on any atom is 0.326 e. The minimum Gasteiger partial charge on any atom is -0.480 e. The number of carboxylic acids is 1. The Balaban J connectivity index is 2.25. The average molecular weight is 244 g/mol. The van der Waals surface area contributed by atoms with Crippen molar-refractivity contribution in [1.82, 2.24) is 4.90 Å². The number of carboxylic acid groups (broad SMARTS) is 1. The standard InChI is InChI=1S/C13H12N2O3/c14-7-9-3-1-2-4-10(9)8-15-11(13(17)18)5-6-12(15)16/h1-4,11H,5-6,8H2,(H,17,18). The van der Waals surface area contributed by atoms with Crippen LogP contribution in [0.15, 0.2) is 24.3 Å². The average Bonchev–Trinajstić information content (AvgIpc) is 2.72. The second kappa shape index (κ2) is 4.88. The molecular weight excluding hydrogens is 232 g/mol. The van der Waals surface area contributed by atoms with E-state index in [1.807, 2.05) is 6.07 Å². The summed E-state index contributed by atoms with van der Waals surface area (Å²) in [5.74, 6) is -1.16. The number of carbonyl (C=O) groups is 2. The first-order chi connectivity index (χ1) is 8.63. The molecular formula is C13H12N2O3. The predicted octanol–water partition coefficient (Wildman–Crippen LogP) is 1.13. The fraction of sp³-hybridized carbons (Fsp3) is 0.308. The third-order valence-corrected chi connectivity index (χ3v) is 3.09. The SMILES string of the molecule is N#Cc1ccccc1CN1C(=O)CCC1C(=O)O. The van der Waals surface area contributed by atoms with E-state index < -0.39 is 12.0 Å². The molecule has 0 bridgehead atoms. The zero-order valence-corrected chi connectivity index (χ0v) is 9.67. The molecule has 1 aliphatic heterocycles. The van der Waals surface area contributed by atoms with E-state index in [0.717, 1.165) is 0 Å². The molecule has 0 aliphatic carbocycles. The molecule has 1 aromatic rings. The van der Waals surface area contributed by atoms with Gasteiger partial charge < -0.3 is 10.0 Å². The Kier molecular flexibility index (Phi) is 3.28. The smallest absolute Gasteiger partial charge is 0.326 e. The molecule has 0 spiro atoms. The third kappa shape index (κ3) is 2.18. The molecule has 1 aromatic carbocycles. The van der Waals surface area contributed by atoms with E-state index in [4.69, 9.17) is 10.4 Å². The summed E-state index contributed by atoms with van der Waals surface area (Å²) in [6, 6.07) is 8.18. The summed E-state index contributed by atoms with van der Waals surface area (Å²) in [6.07, 6.45) is 0.592. The third-order valence-electron chi connectivity index (χ3n) is 3.09. The quantitative estimate of drug-likeness (QED) is 0.864. The lowest BCUT2D eigenvalue weighted by atomic mass is 10.1. The number of benzene rings is 1. The highest BCUT2D eigenvalue weighted by Crippen LogP contribution is 2.22. The van der Waals surface area contributed by atoms with Crippen molar-refractivity contribution in [3.8, 4) is 6.07 Å². The van der Waals surface area contributed by atoms with Crippen molar-refractivity contribution in [3.05, 3.63) is 35.4 Å². The maximum atomic E-state index is 11.7. The minimum atomic E-state index is -0.990. The van der Waals surface area contributed by atoms with E-state index in [9.17, 15) is 9.59 Å². The summed E-state index contributed by atoms with van der Waals surface area (Å²) in [6.45, 7) is 0.180. The highest BCUT2D eigenvalue weighted by Gasteiger charge is 2.36. The van der Waals surface area contributed by atoms with Gasteiger partial charge >= 0.3 is 5.97 Å². The lowest BCUT2D eigenvalue weighted by molar-refractivity contribution is -0.146. The van der Waals surface area contributed by atoms with E-state index in [1.54, 1.807) is 24.3 Å². The molecule has 0 aromatic heterocycles. The number of aliphatic carboxylic acids is 1. The van der Waals surface area contributed by atoms with Crippen molar-refractivity contribution in [2.75, 3.05) is 0 Å². The van der Waals surface area contributed by atoms with Gasteiger partial charge in [-0.15, -0.1) is 0 Å². The number of hydrogen-bond donors (Lipinski definition) is 1. The number of rotatable bonds is 3. The van der Waals surface area contributed by atoms with Gasteiger partial charge in [0.15, 0.2) is 0 Å². The highest BCUT2D eigenvalue weighted by molar-refractivity contribution is 5.87. The Bertz CT molecular complexity index is 533. The molecule has 1 atom stereocenters. The van der Waals surface area contributed by atoms with E-state index in [1.165, 1.54) is 4.90 Å². The first-order valence-electron chi connectivity index (χ1n) is 5.63. The summed E-state index contributed by atoms with van der Waals surface area (Å²) >= 11 is 0. The van der Waals surface area contributed by atoms with Gasteiger partial charge in [-0.1, -0.05) is 18.2 Å². The molecule has 92 valence electrons. The molecule has 0 saturated carbocycles. The summed E-state index contributed by atoms with van der Waals surface area (Å²) in [5, 5.41) is 18.0. The van der Waals surface area contributed by atoms with Crippen LogP contribution in [0, 0.1) is 11.3 Å². The Labute approximate surface area is 104 Å². The van der Waals surface area contributed by atoms with Crippen molar-refractivity contribution < 1.29 is 14.7 Å². The Hall–Kier alpha value is -2.35. The van der Waals surface area contributed by atoms with Crippen molar-refractivity contribution in [1.29, 1.82) is 5.26 Å². The van der Waals surface area contributed by atoms with Crippen LogP contribution in [0.5, 0.6) is 0 Å². The van der Waals surface area contributed by atoms with Gasteiger partial charge in [-0.2, -0.15) is 5.26 Å². The van der Waals surface area contributed by atoms with Gasteiger partial charge in [0, 0.05) is 13.0 Å². The zero-order valence-electron chi connectivity index (χ0n) is 9.67. The maximum absolute atomic E-state index is 11.7. The molecule has 1 N–H and O–H groups in total. The van der Waals surface area contributed by atoms with Crippen molar-refractivity contribution >= 4 is 11.9 Å². The van der Waals surface area contributed by atoms with Crippen LogP contribution in [0.2, 0.25) is 0 Å². The fourth-order valence-corrected chi connectivity index (χ4v) is 2.14. The minimum absolute atomic E-state index is 0.171. The van der Waals surface area contributed by atoms with E-state index >= 15 is 0 Å². The lowest BCUT2D eigenvalue weighted by Gasteiger charge is -2.22. The molecule has 1 unspecified atom stereocenters. The fourth-order valence-electron chi connectivity index (χ4n) is 2.14. The molecule has 5 nitrogen and oxygen atoms in total. The molecule has 1 fully saturated rings. The molecule has 1 saturated heterocycles. The molecule has 2 rings (SSSR count). The molecule has 5 heteroatoms. The van der Waals surface area contributed by atoms with Crippen molar-refractivity contribution in [3.63, 3.8) is 0 Å². The van der Waals surface area contributed by atoms with E-state index in [2.05, 4.69) is 0 Å². The number of carbonyl (C=O) groups excluding carboxylic acids is 1. The Morgan fingerprint density at radius 2 is 2.22 bits per heavy atom. The van der Waals surface area contributed by atoms with Gasteiger partial charge in [-0.05, 0) is 18.1 Å². The van der Waals surface area contributed by atoms with Crippen molar-refractivity contribution in [2.24, 2.45) is 0 Å². The molecule has 1 heterocycles. The largest absolute Gasteiger partial charge is 0.480 e. The zero-order chi connectivity index (χ0) is 13.1. The van der Waals surface area contributed by atoms with Gasteiger partial charge in [0.05, 0.1) is 11.6 Å². The number of nitriles is 1. The van der Waals surface area contributed by atoms with Gasteiger partial charge in [0.2, 0.25) is 5.91 Å². The molecule has 18 heavy (non-hydrogen) atoms. The summed E-state index contributed by atoms with van der Waals surface area (Å²) < 4.78 is 0. The highest BCUT2D eigenvalue weighted by atomic mass is 16.4. The van der Waals surface area contributed by atoms with Crippen LogP contribution < -0.4 is 0 Å². The van der Waals surface area contributed by atoms with Gasteiger partial charge in [0.25, 0.3) is 0 Å². The Morgan fingerprint density at radius 3 is 2.89 bits per heavy atom. The summed E-state index contributed by atoms with van der Waals surface area (Å²) in [5.41, 5.74) is 1.16. The topological polar surface area (TPSA) is 81.4 Å². The first-order valence-corrected chi connectivity index (χ1v) is 5.63. The van der Waals surface area contributed by atoms with Crippen LogP contribution in [0.1, 0.15) is 24.0 Å². The number of hydrogen-bond acceptors (Lipinski definition) is 3. The van der Waals surface area contributed by atoms with Crippen LogP contribution in [0.3, 0.4) is 0 Å².